The maximum atomic E-state index is 6.79. The fourth-order valence-electron chi connectivity index (χ4n) is 8.64. The molecular formula is C39H23N5OS+2. The quantitative estimate of drug-likeness (QED) is 0.178. The van der Waals surface area contributed by atoms with E-state index < -0.39 is 5.66 Å². The number of aromatic nitrogens is 5. The van der Waals surface area contributed by atoms with Crippen LogP contribution in [0.25, 0.3) is 64.7 Å². The molecule has 1 unspecified atom stereocenters. The third-order valence-electron chi connectivity index (χ3n) is 10.4. The van der Waals surface area contributed by atoms with Crippen molar-refractivity contribution in [2.24, 2.45) is 0 Å². The predicted octanol–water partition coefficient (Wildman–Crippen LogP) is 7.92. The zero-order valence-electron chi connectivity index (χ0n) is 24.6. The number of fused-ring (bicyclic) bond motifs is 10. The molecule has 6 nitrogen and oxygen atoms in total. The number of hydrogen-bond donors (Lipinski definition) is 0. The molecule has 0 bridgehead atoms. The average molecular weight is 610 g/mol. The SMILES string of the molecule is Cc1c(-c2ccc3c(c2)sc2ccccc23)nn2[n+]1C13c4c(cccc4-2)Oc2ccc4c5ccccc5n(c4c21)-c1cccc[n+]13. The summed E-state index contributed by atoms with van der Waals surface area (Å²) in [5.74, 6) is 2.84. The lowest BCUT2D eigenvalue weighted by Gasteiger charge is -2.35. The van der Waals surface area contributed by atoms with Crippen LogP contribution in [0.15, 0.2) is 121 Å². The van der Waals surface area contributed by atoms with Crippen molar-refractivity contribution in [3.63, 3.8) is 0 Å². The maximum absolute atomic E-state index is 6.79. The molecule has 214 valence electrons. The number of rotatable bonds is 1. The summed E-state index contributed by atoms with van der Waals surface area (Å²) in [6, 6.07) is 41.4. The molecule has 0 aliphatic carbocycles. The Labute approximate surface area is 266 Å². The van der Waals surface area contributed by atoms with Crippen LogP contribution >= 0.6 is 11.3 Å². The Morgan fingerprint density at radius 1 is 0.717 bits per heavy atom. The Balaban J connectivity index is 1.24. The average Bonchev–Trinajstić information content (AvgIpc) is 3.82. The summed E-state index contributed by atoms with van der Waals surface area (Å²) < 4.78 is 16.6. The van der Waals surface area contributed by atoms with Crippen LogP contribution in [-0.4, -0.2) is 14.5 Å². The lowest BCUT2D eigenvalue weighted by molar-refractivity contribution is -0.997. The van der Waals surface area contributed by atoms with E-state index in [1.165, 1.54) is 42.0 Å². The fraction of sp³-hybridized carbons (Fsp3) is 0.0513. The smallest absolute Gasteiger partial charge is 0.338 e. The fourth-order valence-corrected chi connectivity index (χ4v) is 9.79. The van der Waals surface area contributed by atoms with Gasteiger partial charge in [-0.1, -0.05) is 53.2 Å². The van der Waals surface area contributed by atoms with Crippen LogP contribution in [0.4, 0.5) is 0 Å². The van der Waals surface area contributed by atoms with E-state index in [1.54, 1.807) is 0 Å². The van der Waals surface area contributed by atoms with Gasteiger partial charge in [-0.15, -0.1) is 11.3 Å². The van der Waals surface area contributed by atoms with Crippen molar-refractivity contribution in [1.29, 1.82) is 0 Å². The molecule has 0 radical (unpaired) electrons. The van der Waals surface area contributed by atoms with Crippen molar-refractivity contribution in [3.8, 4) is 34.3 Å². The normalized spacial score (nSPS) is 16.6. The highest BCUT2D eigenvalue weighted by Crippen LogP contribution is 2.55. The molecule has 12 rings (SSSR count). The van der Waals surface area contributed by atoms with Gasteiger partial charge in [0.15, 0.2) is 11.2 Å². The molecule has 3 aliphatic heterocycles. The lowest BCUT2D eigenvalue weighted by Crippen LogP contribution is -2.77. The second-order valence-corrected chi connectivity index (χ2v) is 13.6. The second kappa shape index (κ2) is 7.70. The van der Waals surface area contributed by atoms with Crippen LogP contribution in [0.1, 0.15) is 16.8 Å². The molecule has 9 aromatic rings. The van der Waals surface area contributed by atoms with Gasteiger partial charge in [0, 0.05) is 49.5 Å². The van der Waals surface area contributed by atoms with E-state index in [0.29, 0.717) is 0 Å². The van der Waals surface area contributed by atoms with Gasteiger partial charge in [0.1, 0.15) is 33.8 Å². The Morgan fingerprint density at radius 2 is 1.52 bits per heavy atom. The van der Waals surface area contributed by atoms with Crippen LogP contribution in [0.2, 0.25) is 0 Å². The van der Waals surface area contributed by atoms with Crippen molar-refractivity contribution in [3.05, 3.63) is 138 Å². The third-order valence-corrected chi connectivity index (χ3v) is 11.5. The van der Waals surface area contributed by atoms with E-state index in [4.69, 9.17) is 9.84 Å². The van der Waals surface area contributed by atoms with Gasteiger partial charge in [-0.3, -0.25) is 0 Å². The zero-order valence-corrected chi connectivity index (χ0v) is 25.4. The summed E-state index contributed by atoms with van der Waals surface area (Å²) in [6.07, 6.45) is 2.22. The van der Waals surface area contributed by atoms with Gasteiger partial charge >= 0.3 is 5.66 Å². The maximum Gasteiger partial charge on any atom is 0.338 e. The number of benzene rings is 5. The minimum atomic E-state index is -0.739. The van der Waals surface area contributed by atoms with Gasteiger partial charge in [0.05, 0.1) is 11.3 Å². The zero-order chi connectivity index (χ0) is 29.9. The first-order valence-electron chi connectivity index (χ1n) is 15.6. The first-order chi connectivity index (χ1) is 22.7. The molecule has 0 saturated carbocycles. The van der Waals surface area contributed by atoms with Crippen molar-refractivity contribution in [2.45, 2.75) is 12.6 Å². The minimum absolute atomic E-state index is 0.739. The van der Waals surface area contributed by atoms with Gasteiger partial charge in [0.2, 0.25) is 0 Å². The predicted molar refractivity (Wildman–Crippen MR) is 179 cm³/mol. The molecule has 46 heavy (non-hydrogen) atoms. The van der Waals surface area contributed by atoms with E-state index >= 15 is 0 Å². The number of para-hydroxylation sites is 1. The number of hydrogen-bond acceptors (Lipinski definition) is 3. The van der Waals surface area contributed by atoms with Crippen molar-refractivity contribution >= 4 is 53.3 Å². The molecule has 1 atom stereocenters. The highest BCUT2D eigenvalue weighted by molar-refractivity contribution is 7.25. The van der Waals surface area contributed by atoms with Crippen LogP contribution in [0, 0.1) is 6.92 Å². The molecule has 0 saturated heterocycles. The van der Waals surface area contributed by atoms with E-state index in [0.717, 1.165) is 51.1 Å². The monoisotopic (exact) mass is 609 g/mol. The Kier molecular flexibility index (Phi) is 3.95. The first-order valence-corrected chi connectivity index (χ1v) is 16.4. The van der Waals surface area contributed by atoms with E-state index in [-0.39, 0.29) is 0 Å². The van der Waals surface area contributed by atoms with Crippen molar-refractivity contribution < 1.29 is 14.0 Å². The van der Waals surface area contributed by atoms with Crippen molar-refractivity contribution in [1.82, 2.24) is 14.5 Å². The molecule has 4 aromatic heterocycles. The number of pyridine rings is 1. The van der Waals surface area contributed by atoms with Gasteiger partial charge in [-0.05, 0) is 65.5 Å². The summed E-state index contributed by atoms with van der Waals surface area (Å²) in [5.41, 5.74) is 8.11. The van der Waals surface area contributed by atoms with Crippen LogP contribution in [0.5, 0.6) is 11.5 Å². The topological polar surface area (TPSA) is 39.7 Å². The molecule has 7 heteroatoms. The van der Waals surface area contributed by atoms with E-state index in [9.17, 15) is 0 Å². The molecule has 7 heterocycles. The Hall–Kier alpha value is -5.79. The highest BCUT2D eigenvalue weighted by atomic mass is 32.1. The number of ether oxygens (including phenoxy) is 1. The molecule has 3 aliphatic rings. The van der Waals surface area contributed by atoms with E-state index in [2.05, 4.69) is 147 Å². The molecule has 0 amide bonds. The molecule has 5 aromatic carbocycles. The minimum Gasteiger partial charge on any atom is -0.456 e. The standard InChI is InChI=1S/C39H23N5OS/c1-22-37(23-16-17-26-25-10-3-5-14-32(25)46-33(26)21-23)40-44-29-12-8-13-30-35(29)39(43(22)44)36-31(45-30)19-18-27-24-9-2-4-11-28(24)42(38(27)36)34-15-6-7-20-41(34)39/h2-21H,1H3/q+2. The van der Waals surface area contributed by atoms with Crippen LogP contribution < -0.4 is 14.0 Å². The van der Waals surface area contributed by atoms with Crippen LogP contribution in [-0.2, 0) is 5.66 Å². The molecular weight excluding hydrogens is 587 g/mol. The summed E-state index contributed by atoms with van der Waals surface area (Å²) in [4.78, 5) is 2.12. The Morgan fingerprint density at radius 3 is 2.48 bits per heavy atom. The van der Waals surface area contributed by atoms with Crippen molar-refractivity contribution in [2.75, 3.05) is 0 Å². The molecule has 1 spiro atoms. The second-order valence-electron chi connectivity index (χ2n) is 12.5. The van der Waals surface area contributed by atoms with Gasteiger partial charge in [0.25, 0.3) is 11.5 Å². The van der Waals surface area contributed by atoms with E-state index in [1.807, 2.05) is 11.3 Å². The number of nitrogens with zero attached hydrogens (tertiary/aromatic N) is 5. The molecule has 0 N–H and O–H groups in total. The summed E-state index contributed by atoms with van der Waals surface area (Å²) in [5, 5.41) is 10.5. The van der Waals surface area contributed by atoms with Crippen LogP contribution in [0.3, 0.4) is 0 Å². The largest absolute Gasteiger partial charge is 0.456 e. The lowest BCUT2D eigenvalue weighted by atomic mass is 9.84. The van der Waals surface area contributed by atoms with Gasteiger partial charge in [-0.25, -0.2) is 0 Å². The summed E-state index contributed by atoms with van der Waals surface area (Å²) >= 11 is 1.84. The molecule has 0 fully saturated rings. The van der Waals surface area contributed by atoms with Gasteiger partial charge in [-0.2, -0.15) is 9.13 Å². The Bertz CT molecular complexity index is 2870. The third kappa shape index (κ3) is 2.44. The summed E-state index contributed by atoms with van der Waals surface area (Å²) in [7, 11) is 0. The van der Waals surface area contributed by atoms with Gasteiger partial charge < -0.3 is 4.74 Å². The summed E-state index contributed by atoms with van der Waals surface area (Å²) in [6.45, 7) is 2.22. The first kappa shape index (κ1) is 23.6. The number of thiophene rings is 1. The highest BCUT2D eigenvalue weighted by Gasteiger charge is 2.67.